The number of benzene rings is 1. The smallest absolute Gasteiger partial charge is 0.344 e. The number of allylic oxidation sites excluding steroid dienone is 1. The first-order chi connectivity index (χ1) is 13.4. The van der Waals surface area contributed by atoms with Gasteiger partial charge >= 0.3 is 5.97 Å². The number of aliphatic imine (C=N–C) groups is 1. The van der Waals surface area contributed by atoms with E-state index < -0.39 is 18.4 Å². The first-order valence-corrected chi connectivity index (χ1v) is 9.63. The number of nitrogens with two attached hydrogens (primary N) is 2. The van der Waals surface area contributed by atoms with Crippen molar-refractivity contribution in [1.29, 1.82) is 0 Å². The Hall–Kier alpha value is -2.38. The van der Waals surface area contributed by atoms with Crippen molar-refractivity contribution >= 4 is 29.2 Å². The lowest BCUT2D eigenvalue weighted by Gasteiger charge is -2.20. The summed E-state index contributed by atoms with van der Waals surface area (Å²) in [5.74, 6) is -0.797. The molecule has 1 aromatic rings. The number of ether oxygens (including phenoxy) is 2. The van der Waals surface area contributed by atoms with Crippen LogP contribution in [0.15, 0.2) is 40.5 Å². The van der Waals surface area contributed by atoms with Gasteiger partial charge in [0.25, 0.3) is 0 Å². The maximum Gasteiger partial charge on any atom is 0.344 e. The molecule has 28 heavy (non-hydrogen) atoms. The lowest BCUT2D eigenvalue weighted by atomic mass is 10.0. The highest BCUT2D eigenvalue weighted by molar-refractivity contribution is 6.34. The number of amidine groups is 1. The SMILES string of the molecule is CC/C(N)=C(\C(=O)OCC(=O)c1ccccc1Cl)C(N)=NCC1CCOCC1. The molecule has 1 fully saturated rings. The Morgan fingerprint density at radius 3 is 2.57 bits per heavy atom. The quantitative estimate of drug-likeness (QED) is 0.225. The van der Waals surface area contributed by atoms with E-state index in [0.29, 0.717) is 37.1 Å². The van der Waals surface area contributed by atoms with E-state index in [1.807, 2.05) is 0 Å². The fraction of sp³-hybridized carbons (Fsp3) is 0.450. The van der Waals surface area contributed by atoms with Crippen molar-refractivity contribution in [2.45, 2.75) is 26.2 Å². The van der Waals surface area contributed by atoms with Gasteiger partial charge in [0.1, 0.15) is 11.4 Å². The molecular weight excluding hydrogens is 382 g/mol. The summed E-state index contributed by atoms with van der Waals surface area (Å²) in [6, 6.07) is 6.56. The summed E-state index contributed by atoms with van der Waals surface area (Å²) in [6.45, 7) is 3.22. The summed E-state index contributed by atoms with van der Waals surface area (Å²) < 4.78 is 10.5. The van der Waals surface area contributed by atoms with Crippen LogP contribution in [-0.2, 0) is 14.3 Å². The van der Waals surface area contributed by atoms with Crippen molar-refractivity contribution in [1.82, 2.24) is 0 Å². The average molecular weight is 408 g/mol. The summed E-state index contributed by atoms with van der Waals surface area (Å²) in [7, 11) is 0. The number of carbonyl (C=O) groups excluding carboxylic acids is 2. The zero-order valence-electron chi connectivity index (χ0n) is 15.9. The first-order valence-electron chi connectivity index (χ1n) is 9.25. The highest BCUT2D eigenvalue weighted by atomic mass is 35.5. The van der Waals surface area contributed by atoms with Crippen LogP contribution in [0.5, 0.6) is 0 Å². The number of carbonyl (C=O) groups is 2. The molecule has 0 radical (unpaired) electrons. The Morgan fingerprint density at radius 1 is 1.25 bits per heavy atom. The molecule has 1 aliphatic heterocycles. The van der Waals surface area contributed by atoms with Crippen LogP contribution in [0.25, 0.3) is 0 Å². The number of ketones is 1. The Balaban J connectivity index is 2.04. The Morgan fingerprint density at radius 2 is 1.93 bits per heavy atom. The third-order valence-electron chi connectivity index (χ3n) is 4.53. The third kappa shape index (κ3) is 6.07. The van der Waals surface area contributed by atoms with Crippen LogP contribution in [0, 0.1) is 5.92 Å². The van der Waals surface area contributed by atoms with Crippen molar-refractivity contribution < 1.29 is 19.1 Å². The van der Waals surface area contributed by atoms with Crippen molar-refractivity contribution in [3.05, 3.63) is 46.1 Å². The number of halogens is 1. The van der Waals surface area contributed by atoms with E-state index in [4.69, 9.17) is 32.5 Å². The largest absolute Gasteiger partial charge is 0.454 e. The maximum absolute atomic E-state index is 12.5. The zero-order valence-corrected chi connectivity index (χ0v) is 16.7. The highest BCUT2D eigenvalue weighted by Crippen LogP contribution is 2.17. The number of Topliss-reactive ketones (excluding diaryl/α,β-unsaturated/α-hetero) is 1. The van der Waals surface area contributed by atoms with Gasteiger partial charge in [0.05, 0.1) is 5.02 Å². The Labute approximate surface area is 169 Å². The molecule has 152 valence electrons. The van der Waals surface area contributed by atoms with Crippen molar-refractivity contribution in [2.24, 2.45) is 22.4 Å². The first kappa shape index (κ1) is 21.9. The van der Waals surface area contributed by atoms with Crippen LogP contribution in [0.3, 0.4) is 0 Å². The van der Waals surface area contributed by atoms with Gasteiger partial charge in [-0.2, -0.15) is 0 Å². The van der Waals surface area contributed by atoms with Crippen LogP contribution >= 0.6 is 11.6 Å². The van der Waals surface area contributed by atoms with Crippen LogP contribution in [0.2, 0.25) is 5.02 Å². The van der Waals surface area contributed by atoms with E-state index in [2.05, 4.69) is 4.99 Å². The van der Waals surface area contributed by atoms with E-state index in [1.165, 1.54) is 0 Å². The topological polar surface area (TPSA) is 117 Å². The van der Waals surface area contributed by atoms with Crippen LogP contribution in [-0.4, -0.2) is 44.0 Å². The average Bonchev–Trinajstić information content (AvgIpc) is 2.71. The molecule has 1 saturated heterocycles. The van der Waals surface area contributed by atoms with Crippen molar-refractivity contribution in [3.8, 4) is 0 Å². The van der Waals surface area contributed by atoms with E-state index in [9.17, 15) is 9.59 Å². The second-order valence-corrected chi connectivity index (χ2v) is 6.92. The van der Waals surface area contributed by atoms with Gasteiger partial charge in [-0.15, -0.1) is 0 Å². The van der Waals surface area contributed by atoms with Gasteiger partial charge in [-0.05, 0) is 37.3 Å². The fourth-order valence-electron chi connectivity index (χ4n) is 2.78. The van der Waals surface area contributed by atoms with Gasteiger partial charge in [0.15, 0.2) is 6.61 Å². The predicted octanol–water partition coefficient (Wildman–Crippen LogP) is 2.47. The summed E-state index contributed by atoms with van der Waals surface area (Å²) in [5.41, 5.74) is 12.6. The molecule has 0 aliphatic carbocycles. The lowest BCUT2D eigenvalue weighted by molar-refractivity contribution is -0.137. The van der Waals surface area contributed by atoms with Gasteiger partial charge in [-0.25, -0.2) is 4.79 Å². The second-order valence-electron chi connectivity index (χ2n) is 6.51. The molecule has 2 rings (SSSR count). The minimum Gasteiger partial charge on any atom is -0.454 e. The van der Waals surface area contributed by atoms with Gasteiger partial charge < -0.3 is 20.9 Å². The fourth-order valence-corrected chi connectivity index (χ4v) is 3.02. The number of hydrogen-bond donors (Lipinski definition) is 2. The van der Waals surface area contributed by atoms with Crippen LogP contribution in [0.4, 0.5) is 0 Å². The second kappa shape index (κ2) is 10.8. The van der Waals surface area contributed by atoms with Crippen molar-refractivity contribution in [3.63, 3.8) is 0 Å². The molecule has 0 saturated carbocycles. The minimum absolute atomic E-state index is 0.0153. The standard InChI is InChI=1S/C20H26ClN3O4/c1-2-16(22)18(19(23)24-11-13-7-9-27-10-8-13)20(26)28-12-17(25)14-5-3-4-6-15(14)21/h3-6,13H,2,7-12,22H2,1H3,(H2,23,24)/b18-16+. The normalized spacial score (nSPS) is 16.4. The van der Waals surface area contributed by atoms with Gasteiger partial charge in [0, 0.05) is 31.0 Å². The highest BCUT2D eigenvalue weighted by Gasteiger charge is 2.22. The van der Waals surface area contributed by atoms with Crippen LogP contribution < -0.4 is 11.5 Å². The van der Waals surface area contributed by atoms with Gasteiger partial charge in [0.2, 0.25) is 5.78 Å². The van der Waals surface area contributed by atoms with Crippen molar-refractivity contribution in [2.75, 3.05) is 26.4 Å². The molecule has 0 unspecified atom stereocenters. The lowest BCUT2D eigenvalue weighted by Crippen LogP contribution is -2.29. The third-order valence-corrected chi connectivity index (χ3v) is 4.86. The molecule has 1 heterocycles. The molecular formula is C20H26ClN3O4. The molecule has 0 atom stereocenters. The summed E-state index contributed by atoms with van der Waals surface area (Å²) in [6.07, 6.45) is 2.20. The number of nitrogens with zero attached hydrogens (tertiary/aromatic N) is 1. The molecule has 0 amide bonds. The number of esters is 1. The molecule has 0 bridgehead atoms. The molecule has 4 N–H and O–H groups in total. The van der Waals surface area contributed by atoms with Gasteiger partial charge in [-0.3, -0.25) is 9.79 Å². The number of rotatable bonds is 8. The van der Waals surface area contributed by atoms with E-state index in [0.717, 1.165) is 12.8 Å². The predicted molar refractivity (Wildman–Crippen MR) is 108 cm³/mol. The molecule has 0 spiro atoms. The Bertz CT molecular complexity index is 770. The molecule has 1 aromatic carbocycles. The van der Waals surface area contributed by atoms with E-state index >= 15 is 0 Å². The molecule has 7 nitrogen and oxygen atoms in total. The number of hydrogen-bond acceptors (Lipinski definition) is 6. The van der Waals surface area contributed by atoms with Crippen LogP contribution in [0.1, 0.15) is 36.5 Å². The van der Waals surface area contributed by atoms with Gasteiger partial charge in [-0.1, -0.05) is 30.7 Å². The Kier molecular flexibility index (Phi) is 8.47. The zero-order chi connectivity index (χ0) is 20.5. The summed E-state index contributed by atoms with van der Waals surface area (Å²) in [4.78, 5) is 29.1. The maximum atomic E-state index is 12.5. The molecule has 8 heteroatoms. The summed E-state index contributed by atoms with van der Waals surface area (Å²) in [5, 5.41) is 0.296. The van der Waals surface area contributed by atoms with E-state index in [1.54, 1.807) is 31.2 Å². The minimum atomic E-state index is -0.770. The monoisotopic (exact) mass is 407 g/mol. The summed E-state index contributed by atoms with van der Waals surface area (Å²) >= 11 is 6.00. The molecule has 1 aliphatic rings. The molecule has 0 aromatic heterocycles. The van der Waals surface area contributed by atoms with E-state index in [-0.39, 0.29) is 22.7 Å².